The van der Waals surface area contributed by atoms with Gasteiger partial charge in [-0.2, -0.15) is 0 Å². The lowest BCUT2D eigenvalue weighted by Crippen LogP contribution is -2.46. The van der Waals surface area contributed by atoms with E-state index < -0.39 is 5.97 Å². The first-order chi connectivity index (χ1) is 13.6. The first kappa shape index (κ1) is 18.7. The largest absolute Gasteiger partial charge is 0.454 e. The first-order valence-corrected chi connectivity index (χ1v) is 9.99. The van der Waals surface area contributed by atoms with Crippen molar-refractivity contribution in [2.45, 2.75) is 38.6 Å². The maximum absolute atomic E-state index is 12.4. The van der Waals surface area contributed by atoms with Crippen molar-refractivity contribution in [1.82, 2.24) is 14.5 Å². The molecule has 1 aromatic carbocycles. The van der Waals surface area contributed by atoms with Gasteiger partial charge in [0.25, 0.3) is 11.5 Å². The topological polar surface area (TPSA) is 81.5 Å². The van der Waals surface area contributed by atoms with E-state index in [-0.39, 0.29) is 24.6 Å². The summed E-state index contributed by atoms with van der Waals surface area (Å²) in [5, 5.41) is 0.448. The van der Waals surface area contributed by atoms with Gasteiger partial charge >= 0.3 is 5.97 Å². The number of rotatable bonds is 4. The Hall–Kier alpha value is -2.70. The fourth-order valence-electron chi connectivity index (χ4n) is 4.46. The summed E-state index contributed by atoms with van der Waals surface area (Å²) in [4.78, 5) is 43.0. The minimum Gasteiger partial charge on any atom is -0.454 e. The van der Waals surface area contributed by atoms with E-state index in [9.17, 15) is 14.4 Å². The van der Waals surface area contributed by atoms with Gasteiger partial charge in [0.2, 0.25) is 0 Å². The van der Waals surface area contributed by atoms with E-state index in [4.69, 9.17) is 4.74 Å². The molecule has 0 spiro atoms. The zero-order valence-electron chi connectivity index (χ0n) is 15.9. The summed E-state index contributed by atoms with van der Waals surface area (Å²) >= 11 is 0. The fourth-order valence-corrected chi connectivity index (χ4v) is 4.46. The SMILES string of the molecule is O=C(Cn1cnc2ccccc2c1=O)OCC(=O)N1CC[C@@H]2CCCC[C@@H]2C1. The van der Waals surface area contributed by atoms with Crippen molar-refractivity contribution in [3.8, 4) is 0 Å². The van der Waals surface area contributed by atoms with Crippen LogP contribution < -0.4 is 5.56 Å². The minimum atomic E-state index is -0.611. The van der Waals surface area contributed by atoms with Crippen molar-refractivity contribution in [3.63, 3.8) is 0 Å². The third-order valence-corrected chi connectivity index (χ3v) is 6.03. The highest BCUT2D eigenvalue weighted by Gasteiger charge is 2.33. The Bertz CT molecular complexity index is 939. The molecule has 2 aliphatic rings. The van der Waals surface area contributed by atoms with Crippen LogP contribution in [0.3, 0.4) is 0 Å². The van der Waals surface area contributed by atoms with Crippen LogP contribution in [-0.2, 0) is 20.9 Å². The standard InChI is InChI=1S/C21H25N3O4/c25-19(23-10-9-15-5-1-2-6-16(15)11-23)13-28-20(26)12-24-14-22-18-8-4-3-7-17(18)21(24)27/h3-4,7-8,14-16H,1-2,5-6,9-13H2/t15-,16+/m0/s1. The quantitative estimate of drug-likeness (QED) is 0.754. The molecule has 7 heteroatoms. The fraction of sp³-hybridized carbons (Fsp3) is 0.524. The Morgan fingerprint density at radius 3 is 2.75 bits per heavy atom. The molecular formula is C21H25N3O4. The van der Waals surface area contributed by atoms with E-state index in [1.807, 2.05) is 4.90 Å². The molecule has 1 aromatic heterocycles. The molecule has 1 aliphatic carbocycles. The number of carbonyl (C=O) groups is 2. The molecule has 7 nitrogen and oxygen atoms in total. The first-order valence-electron chi connectivity index (χ1n) is 9.99. The summed E-state index contributed by atoms with van der Waals surface area (Å²) in [6.45, 7) is 0.987. The zero-order chi connectivity index (χ0) is 19.5. The monoisotopic (exact) mass is 383 g/mol. The highest BCUT2D eigenvalue weighted by molar-refractivity contribution is 5.81. The molecule has 0 radical (unpaired) electrons. The summed E-state index contributed by atoms with van der Waals surface area (Å²) in [5.74, 6) is 0.568. The number of amides is 1. The highest BCUT2D eigenvalue weighted by atomic mass is 16.5. The van der Waals surface area contributed by atoms with Crippen molar-refractivity contribution in [3.05, 3.63) is 40.9 Å². The number of esters is 1. The average molecular weight is 383 g/mol. The van der Waals surface area contributed by atoms with E-state index >= 15 is 0 Å². The summed E-state index contributed by atoms with van der Waals surface area (Å²) in [6.07, 6.45) is 7.38. The van der Waals surface area contributed by atoms with Crippen LogP contribution in [0.15, 0.2) is 35.4 Å². The minimum absolute atomic E-state index is 0.152. The van der Waals surface area contributed by atoms with Gasteiger partial charge in [-0.1, -0.05) is 31.4 Å². The second kappa shape index (κ2) is 8.12. The molecule has 2 fully saturated rings. The number of para-hydroxylation sites is 1. The zero-order valence-corrected chi connectivity index (χ0v) is 15.9. The molecule has 1 saturated carbocycles. The van der Waals surface area contributed by atoms with Crippen LogP contribution in [0, 0.1) is 11.8 Å². The van der Waals surface area contributed by atoms with Crippen LogP contribution in [0.4, 0.5) is 0 Å². The van der Waals surface area contributed by atoms with Gasteiger partial charge in [-0.3, -0.25) is 19.0 Å². The average Bonchev–Trinajstić information content (AvgIpc) is 2.74. The van der Waals surface area contributed by atoms with Gasteiger partial charge in [-0.15, -0.1) is 0 Å². The number of benzene rings is 1. The number of carbonyl (C=O) groups excluding carboxylic acids is 2. The molecule has 28 heavy (non-hydrogen) atoms. The van der Waals surface area contributed by atoms with Crippen molar-refractivity contribution >= 4 is 22.8 Å². The highest BCUT2D eigenvalue weighted by Crippen LogP contribution is 2.35. The summed E-state index contributed by atoms with van der Waals surface area (Å²) in [5.41, 5.74) is 0.284. The van der Waals surface area contributed by atoms with Crippen LogP contribution in [0.1, 0.15) is 32.1 Å². The van der Waals surface area contributed by atoms with Crippen LogP contribution in [0.25, 0.3) is 10.9 Å². The van der Waals surface area contributed by atoms with E-state index in [1.54, 1.807) is 24.3 Å². The number of likely N-dealkylation sites (tertiary alicyclic amines) is 1. The molecule has 148 valence electrons. The molecule has 2 aromatic rings. The van der Waals surface area contributed by atoms with Crippen molar-refractivity contribution in [2.24, 2.45) is 11.8 Å². The number of hydrogen-bond acceptors (Lipinski definition) is 5. The Morgan fingerprint density at radius 2 is 1.89 bits per heavy atom. The van der Waals surface area contributed by atoms with Gasteiger partial charge in [0.1, 0.15) is 6.54 Å². The normalized spacial score (nSPS) is 21.9. The molecule has 2 heterocycles. The summed E-state index contributed by atoms with van der Waals surface area (Å²) in [6, 6.07) is 6.97. The second-order valence-corrected chi connectivity index (χ2v) is 7.79. The van der Waals surface area contributed by atoms with E-state index in [2.05, 4.69) is 4.98 Å². The van der Waals surface area contributed by atoms with Crippen LogP contribution in [0.2, 0.25) is 0 Å². The molecule has 0 N–H and O–H groups in total. The van der Waals surface area contributed by atoms with Gasteiger partial charge in [0.05, 0.1) is 17.2 Å². The molecule has 4 rings (SSSR count). The molecule has 0 unspecified atom stereocenters. The lowest BCUT2D eigenvalue weighted by molar-refractivity contribution is -0.153. The van der Waals surface area contributed by atoms with Crippen LogP contribution in [0.5, 0.6) is 0 Å². The molecular weight excluding hydrogens is 358 g/mol. The predicted molar refractivity (Wildman–Crippen MR) is 104 cm³/mol. The maximum atomic E-state index is 12.4. The smallest absolute Gasteiger partial charge is 0.326 e. The number of nitrogens with zero attached hydrogens (tertiary/aromatic N) is 3. The molecule has 2 atom stereocenters. The predicted octanol–water partition coefficient (Wildman–Crippen LogP) is 1.98. The Morgan fingerprint density at radius 1 is 1.11 bits per heavy atom. The lowest BCUT2D eigenvalue weighted by Gasteiger charge is -2.41. The Labute approximate surface area is 163 Å². The maximum Gasteiger partial charge on any atom is 0.326 e. The van der Waals surface area contributed by atoms with Crippen molar-refractivity contribution in [1.29, 1.82) is 0 Å². The second-order valence-electron chi connectivity index (χ2n) is 7.79. The molecule has 1 saturated heterocycles. The number of piperidine rings is 1. The third kappa shape index (κ3) is 3.93. The van der Waals surface area contributed by atoms with Crippen molar-refractivity contribution < 1.29 is 14.3 Å². The number of hydrogen-bond donors (Lipinski definition) is 0. The van der Waals surface area contributed by atoms with Gasteiger partial charge < -0.3 is 9.64 Å². The molecule has 0 bridgehead atoms. The third-order valence-electron chi connectivity index (χ3n) is 6.03. The Balaban J connectivity index is 1.31. The number of ether oxygens (including phenoxy) is 1. The van der Waals surface area contributed by atoms with Crippen LogP contribution in [-0.4, -0.2) is 46.0 Å². The molecule has 1 amide bonds. The summed E-state index contributed by atoms with van der Waals surface area (Å²) in [7, 11) is 0. The number of aromatic nitrogens is 2. The van der Waals surface area contributed by atoms with Gasteiger partial charge in [-0.05, 0) is 36.8 Å². The van der Waals surface area contributed by atoms with E-state index in [1.165, 1.54) is 36.6 Å². The van der Waals surface area contributed by atoms with E-state index in [0.29, 0.717) is 16.8 Å². The molecule has 1 aliphatic heterocycles. The van der Waals surface area contributed by atoms with Gasteiger partial charge in [0.15, 0.2) is 6.61 Å². The summed E-state index contributed by atoms with van der Waals surface area (Å²) < 4.78 is 6.36. The van der Waals surface area contributed by atoms with Crippen LogP contribution >= 0.6 is 0 Å². The van der Waals surface area contributed by atoms with Gasteiger partial charge in [-0.25, -0.2) is 4.98 Å². The lowest BCUT2D eigenvalue weighted by atomic mass is 9.75. The number of fused-ring (bicyclic) bond motifs is 2. The van der Waals surface area contributed by atoms with E-state index in [0.717, 1.165) is 25.4 Å². The Kier molecular flexibility index (Phi) is 5.41. The van der Waals surface area contributed by atoms with Crippen molar-refractivity contribution in [2.75, 3.05) is 19.7 Å². The van der Waals surface area contributed by atoms with Gasteiger partial charge in [0, 0.05) is 13.1 Å².